The molecule has 3 N–H and O–H groups in total. The van der Waals surface area contributed by atoms with E-state index in [0.717, 1.165) is 0 Å². The van der Waals surface area contributed by atoms with Gasteiger partial charge in [-0.25, -0.2) is 0 Å². The largest absolute Gasteiger partial charge is 0.374 e. The highest BCUT2D eigenvalue weighted by Crippen LogP contribution is 2.38. The summed E-state index contributed by atoms with van der Waals surface area (Å²) in [6.45, 7) is 1.89. The molecule has 7 heteroatoms. The summed E-state index contributed by atoms with van der Waals surface area (Å²) in [5.74, 6) is -0.772. The summed E-state index contributed by atoms with van der Waals surface area (Å²) in [5.41, 5.74) is 6.54. The molecule has 1 heterocycles. The third kappa shape index (κ3) is 2.48. The van der Waals surface area contributed by atoms with E-state index in [2.05, 4.69) is 5.32 Å². The average Bonchev–Trinajstić information content (AvgIpc) is 2.35. The maximum atomic E-state index is 12.0. The number of primary amides is 1. The maximum absolute atomic E-state index is 12.0. The minimum absolute atomic E-state index is 0.0920. The van der Waals surface area contributed by atoms with Gasteiger partial charge in [0.15, 0.2) is 0 Å². The van der Waals surface area contributed by atoms with Crippen LogP contribution in [0.2, 0.25) is 10.0 Å². The van der Waals surface area contributed by atoms with Crippen molar-refractivity contribution in [2.24, 2.45) is 5.73 Å². The van der Waals surface area contributed by atoms with Gasteiger partial charge in [0.25, 0.3) is 0 Å². The molecule has 0 radical (unpaired) electrons. The molecule has 19 heavy (non-hydrogen) atoms. The van der Waals surface area contributed by atoms with Crippen LogP contribution in [-0.2, 0) is 9.59 Å². The van der Waals surface area contributed by atoms with Crippen molar-refractivity contribution in [3.63, 3.8) is 0 Å². The first-order chi connectivity index (χ1) is 8.95. The molecular weight excluding hydrogens is 289 g/mol. The Morgan fingerprint density at radius 1 is 1.47 bits per heavy atom. The van der Waals surface area contributed by atoms with E-state index in [4.69, 9.17) is 28.9 Å². The van der Waals surface area contributed by atoms with E-state index < -0.39 is 11.9 Å². The summed E-state index contributed by atoms with van der Waals surface area (Å²) in [6, 6.07) is 2.51. The SMILES string of the molecule is CCC(C(N)=O)N1C(=O)CNc2cc(Cl)c(Cl)cc21. The van der Waals surface area contributed by atoms with Gasteiger partial charge in [-0.2, -0.15) is 0 Å². The highest BCUT2D eigenvalue weighted by molar-refractivity contribution is 6.42. The summed E-state index contributed by atoms with van der Waals surface area (Å²) in [6.07, 6.45) is 0.431. The number of nitrogens with one attached hydrogen (secondary N) is 1. The average molecular weight is 302 g/mol. The fraction of sp³-hybridized carbons (Fsp3) is 0.333. The van der Waals surface area contributed by atoms with Gasteiger partial charge in [-0.05, 0) is 18.6 Å². The van der Waals surface area contributed by atoms with E-state index in [1.54, 1.807) is 19.1 Å². The molecule has 0 aromatic heterocycles. The lowest BCUT2D eigenvalue weighted by molar-refractivity contribution is -0.124. The maximum Gasteiger partial charge on any atom is 0.247 e. The van der Waals surface area contributed by atoms with Gasteiger partial charge in [-0.3, -0.25) is 14.5 Å². The zero-order chi connectivity index (χ0) is 14.2. The number of anilines is 2. The predicted molar refractivity (Wildman–Crippen MR) is 75.7 cm³/mol. The van der Waals surface area contributed by atoms with Crippen LogP contribution >= 0.6 is 23.2 Å². The molecule has 1 aromatic carbocycles. The monoisotopic (exact) mass is 301 g/mol. The smallest absolute Gasteiger partial charge is 0.247 e. The standard InChI is InChI=1S/C12H13Cl2N3O2/c1-2-9(12(15)19)17-10-4-7(14)6(13)3-8(10)16-5-11(17)18/h3-4,9,16H,2,5H2,1H3,(H2,15,19). The molecule has 1 unspecified atom stereocenters. The number of benzene rings is 1. The van der Waals surface area contributed by atoms with Crippen molar-refractivity contribution < 1.29 is 9.59 Å². The molecule has 0 aliphatic carbocycles. The van der Waals surface area contributed by atoms with Gasteiger partial charge in [-0.15, -0.1) is 0 Å². The van der Waals surface area contributed by atoms with E-state index in [1.807, 2.05) is 0 Å². The second-order valence-electron chi connectivity index (χ2n) is 4.23. The molecule has 1 aliphatic heterocycles. The first kappa shape index (κ1) is 14.0. The third-order valence-corrected chi connectivity index (χ3v) is 3.75. The number of hydrogen-bond acceptors (Lipinski definition) is 3. The first-order valence-electron chi connectivity index (χ1n) is 5.80. The molecule has 0 saturated heterocycles. The van der Waals surface area contributed by atoms with Gasteiger partial charge >= 0.3 is 0 Å². The van der Waals surface area contributed by atoms with Crippen molar-refractivity contribution in [1.29, 1.82) is 0 Å². The van der Waals surface area contributed by atoms with Gasteiger partial charge in [0, 0.05) is 0 Å². The Hall–Kier alpha value is -1.46. The van der Waals surface area contributed by atoms with Gasteiger partial charge in [0.2, 0.25) is 11.8 Å². The van der Waals surface area contributed by atoms with E-state index in [9.17, 15) is 9.59 Å². The highest BCUT2D eigenvalue weighted by atomic mass is 35.5. The number of carbonyl (C=O) groups excluding carboxylic acids is 2. The molecule has 0 fully saturated rings. The van der Waals surface area contributed by atoms with Crippen molar-refractivity contribution >= 4 is 46.4 Å². The van der Waals surface area contributed by atoms with Crippen LogP contribution in [0, 0.1) is 0 Å². The summed E-state index contributed by atoms with van der Waals surface area (Å²) in [5, 5.41) is 3.65. The van der Waals surface area contributed by atoms with Crippen LogP contribution in [0.1, 0.15) is 13.3 Å². The van der Waals surface area contributed by atoms with E-state index in [-0.39, 0.29) is 12.5 Å². The minimum Gasteiger partial charge on any atom is -0.374 e. The Labute approximate surface area is 120 Å². The molecule has 0 spiro atoms. The Kier molecular flexibility index (Phi) is 3.87. The molecule has 2 amide bonds. The Morgan fingerprint density at radius 3 is 2.68 bits per heavy atom. The summed E-state index contributed by atoms with van der Waals surface area (Å²) < 4.78 is 0. The number of carbonyl (C=O) groups is 2. The molecule has 0 bridgehead atoms. The first-order valence-corrected chi connectivity index (χ1v) is 6.55. The van der Waals surface area contributed by atoms with Crippen LogP contribution < -0.4 is 16.0 Å². The Balaban J connectivity index is 2.54. The fourth-order valence-corrected chi connectivity index (χ4v) is 2.44. The van der Waals surface area contributed by atoms with Crippen molar-refractivity contribution in [3.05, 3.63) is 22.2 Å². The molecule has 1 aromatic rings. The van der Waals surface area contributed by atoms with Gasteiger partial charge in [0.1, 0.15) is 6.04 Å². The van der Waals surface area contributed by atoms with Gasteiger partial charge in [-0.1, -0.05) is 30.1 Å². The Bertz CT molecular complexity index is 548. The van der Waals surface area contributed by atoms with Gasteiger partial charge < -0.3 is 11.1 Å². The second-order valence-corrected chi connectivity index (χ2v) is 5.04. The molecule has 0 saturated carbocycles. The summed E-state index contributed by atoms with van der Waals surface area (Å²) in [4.78, 5) is 24.9. The summed E-state index contributed by atoms with van der Waals surface area (Å²) in [7, 11) is 0. The van der Waals surface area contributed by atoms with Crippen LogP contribution in [-0.4, -0.2) is 24.4 Å². The number of halogens is 2. The van der Waals surface area contributed by atoms with Crippen molar-refractivity contribution in [2.45, 2.75) is 19.4 Å². The van der Waals surface area contributed by atoms with E-state index in [1.165, 1.54) is 4.90 Å². The summed E-state index contributed by atoms with van der Waals surface area (Å²) >= 11 is 11.9. The molecule has 1 atom stereocenters. The number of hydrogen-bond donors (Lipinski definition) is 2. The van der Waals surface area contributed by atoms with Gasteiger partial charge in [0.05, 0.1) is 28.0 Å². The topological polar surface area (TPSA) is 75.4 Å². The van der Waals surface area contributed by atoms with Crippen molar-refractivity contribution in [2.75, 3.05) is 16.8 Å². The zero-order valence-corrected chi connectivity index (χ0v) is 11.8. The number of rotatable bonds is 3. The molecule has 2 rings (SSSR count). The minimum atomic E-state index is -0.689. The van der Waals surface area contributed by atoms with Crippen LogP contribution in [0.25, 0.3) is 0 Å². The van der Waals surface area contributed by atoms with Crippen LogP contribution in [0.5, 0.6) is 0 Å². The lowest BCUT2D eigenvalue weighted by Gasteiger charge is -2.34. The number of nitrogens with zero attached hydrogens (tertiary/aromatic N) is 1. The number of fused-ring (bicyclic) bond motifs is 1. The quantitative estimate of drug-likeness (QED) is 0.897. The Morgan fingerprint density at radius 2 is 2.11 bits per heavy atom. The number of amides is 2. The van der Waals surface area contributed by atoms with Crippen molar-refractivity contribution in [1.82, 2.24) is 0 Å². The lowest BCUT2D eigenvalue weighted by Crippen LogP contribution is -2.51. The van der Waals surface area contributed by atoms with Crippen LogP contribution in [0.4, 0.5) is 11.4 Å². The molecular formula is C12H13Cl2N3O2. The second kappa shape index (κ2) is 5.27. The van der Waals surface area contributed by atoms with Crippen LogP contribution in [0.15, 0.2) is 12.1 Å². The normalized spacial score (nSPS) is 15.7. The predicted octanol–water partition coefficient (Wildman–Crippen LogP) is 2.02. The third-order valence-electron chi connectivity index (χ3n) is 3.02. The highest BCUT2D eigenvalue weighted by Gasteiger charge is 2.33. The zero-order valence-electron chi connectivity index (χ0n) is 10.2. The van der Waals surface area contributed by atoms with Crippen LogP contribution in [0.3, 0.4) is 0 Å². The number of nitrogens with two attached hydrogens (primary N) is 1. The molecule has 5 nitrogen and oxygen atoms in total. The fourth-order valence-electron chi connectivity index (χ4n) is 2.12. The lowest BCUT2D eigenvalue weighted by atomic mass is 10.1. The molecule has 102 valence electrons. The van der Waals surface area contributed by atoms with E-state index in [0.29, 0.717) is 27.8 Å². The van der Waals surface area contributed by atoms with E-state index >= 15 is 0 Å². The van der Waals surface area contributed by atoms with Crippen molar-refractivity contribution in [3.8, 4) is 0 Å². The molecule has 1 aliphatic rings.